The van der Waals surface area contributed by atoms with E-state index in [0.29, 0.717) is 12.6 Å². The Labute approximate surface area is 119 Å². The van der Waals surface area contributed by atoms with Gasteiger partial charge in [0, 0.05) is 32.2 Å². The summed E-state index contributed by atoms with van der Waals surface area (Å²) in [5.41, 5.74) is 0.810. The Hall–Kier alpha value is -1.40. The third-order valence-corrected chi connectivity index (χ3v) is 3.48. The second-order valence-corrected chi connectivity index (χ2v) is 5.51. The maximum Gasteiger partial charge on any atom is 0.268 e. The fourth-order valence-electron chi connectivity index (χ4n) is 2.29. The molecule has 1 aromatic rings. The van der Waals surface area contributed by atoms with Crippen molar-refractivity contribution in [3.05, 3.63) is 22.6 Å². The Morgan fingerprint density at radius 3 is 3.05 bits per heavy atom. The van der Waals surface area contributed by atoms with Crippen molar-refractivity contribution in [2.45, 2.75) is 32.4 Å². The standard InChI is InChI=1S/C14H24N4O2/c1-11(2)15-5-4-13-10-18(6-7-20-13)12-8-14(19)17(3)16-9-12/h8-9,11,13,15H,4-7,10H2,1-3H3/t13-/m0/s1. The maximum atomic E-state index is 11.6. The van der Waals surface area contributed by atoms with E-state index in [4.69, 9.17) is 4.74 Å². The van der Waals surface area contributed by atoms with Gasteiger partial charge in [0.15, 0.2) is 0 Å². The summed E-state index contributed by atoms with van der Waals surface area (Å²) >= 11 is 0. The Kier molecular flexibility index (Phi) is 5.14. The second kappa shape index (κ2) is 6.85. The van der Waals surface area contributed by atoms with Crippen LogP contribution in [0, 0.1) is 0 Å². The van der Waals surface area contributed by atoms with E-state index in [0.717, 1.165) is 31.7 Å². The van der Waals surface area contributed by atoms with Gasteiger partial charge < -0.3 is 15.0 Å². The van der Waals surface area contributed by atoms with Crippen molar-refractivity contribution in [2.24, 2.45) is 7.05 Å². The van der Waals surface area contributed by atoms with Crippen LogP contribution in [-0.4, -0.2) is 48.2 Å². The van der Waals surface area contributed by atoms with Gasteiger partial charge in [-0.2, -0.15) is 5.10 Å². The van der Waals surface area contributed by atoms with Crippen molar-refractivity contribution < 1.29 is 4.74 Å². The van der Waals surface area contributed by atoms with Crippen molar-refractivity contribution in [1.29, 1.82) is 0 Å². The average molecular weight is 280 g/mol. The van der Waals surface area contributed by atoms with Crippen LogP contribution in [0.15, 0.2) is 17.1 Å². The van der Waals surface area contributed by atoms with Gasteiger partial charge in [-0.05, 0) is 13.0 Å². The third kappa shape index (κ3) is 4.05. The van der Waals surface area contributed by atoms with Gasteiger partial charge in [0.1, 0.15) is 0 Å². The number of ether oxygens (including phenoxy) is 1. The predicted octanol–water partition coefficient (Wildman–Crippen LogP) is 0.374. The van der Waals surface area contributed by atoms with E-state index in [1.54, 1.807) is 19.3 Å². The number of aromatic nitrogens is 2. The molecule has 1 fully saturated rings. The van der Waals surface area contributed by atoms with Crippen molar-refractivity contribution in [1.82, 2.24) is 15.1 Å². The monoisotopic (exact) mass is 280 g/mol. The average Bonchev–Trinajstić information content (AvgIpc) is 2.42. The van der Waals surface area contributed by atoms with E-state index < -0.39 is 0 Å². The molecule has 2 heterocycles. The van der Waals surface area contributed by atoms with Gasteiger partial charge in [-0.25, -0.2) is 4.68 Å². The second-order valence-electron chi connectivity index (χ2n) is 5.51. The summed E-state index contributed by atoms with van der Waals surface area (Å²) in [6.07, 6.45) is 2.93. The van der Waals surface area contributed by atoms with Crippen LogP contribution < -0.4 is 15.8 Å². The van der Waals surface area contributed by atoms with Crippen LogP contribution in [0.2, 0.25) is 0 Å². The van der Waals surface area contributed by atoms with E-state index >= 15 is 0 Å². The van der Waals surface area contributed by atoms with Gasteiger partial charge in [0.2, 0.25) is 0 Å². The van der Waals surface area contributed by atoms with E-state index in [-0.39, 0.29) is 11.7 Å². The van der Waals surface area contributed by atoms with Gasteiger partial charge in [-0.1, -0.05) is 13.8 Å². The highest BCUT2D eigenvalue weighted by atomic mass is 16.5. The largest absolute Gasteiger partial charge is 0.374 e. The van der Waals surface area contributed by atoms with Crippen molar-refractivity contribution in [3.63, 3.8) is 0 Å². The fraction of sp³-hybridized carbons (Fsp3) is 0.714. The molecule has 0 aliphatic carbocycles. The summed E-state index contributed by atoms with van der Waals surface area (Å²) in [4.78, 5) is 13.8. The molecule has 0 unspecified atom stereocenters. The summed E-state index contributed by atoms with van der Waals surface area (Å²) in [6.45, 7) is 7.54. The number of hydrogen-bond donors (Lipinski definition) is 1. The molecular formula is C14H24N4O2. The number of anilines is 1. The van der Waals surface area contributed by atoms with Gasteiger partial charge >= 0.3 is 0 Å². The number of hydrogen-bond acceptors (Lipinski definition) is 5. The molecule has 0 saturated carbocycles. The smallest absolute Gasteiger partial charge is 0.268 e. The minimum atomic E-state index is -0.0768. The SMILES string of the molecule is CC(C)NCC[C@H]1CN(c2cnn(C)c(=O)c2)CCO1. The molecule has 0 aromatic carbocycles. The zero-order valence-electron chi connectivity index (χ0n) is 12.5. The minimum Gasteiger partial charge on any atom is -0.374 e. The summed E-state index contributed by atoms with van der Waals surface area (Å²) in [6, 6.07) is 2.14. The summed E-state index contributed by atoms with van der Waals surface area (Å²) in [5.74, 6) is 0. The Balaban J connectivity index is 1.92. The van der Waals surface area contributed by atoms with Gasteiger partial charge in [0.25, 0.3) is 5.56 Å². The van der Waals surface area contributed by atoms with Crippen LogP contribution >= 0.6 is 0 Å². The molecule has 0 spiro atoms. The molecule has 1 aliphatic heterocycles. The summed E-state index contributed by atoms with van der Waals surface area (Å²) < 4.78 is 7.12. The van der Waals surface area contributed by atoms with Gasteiger partial charge in [0.05, 0.1) is 24.6 Å². The first-order valence-electron chi connectivity index (χ1n) is 7.19. The lowest BCUT2D eigenvalue weighted by Gasteiger charge is -2.34. The van der Waals surface area contributed by atoms with E-state index in [2.05, 4.69) is 29.2 Å². The molecule has 0 bridgehead atoms. The first kappa shape index (κ1) is 15.0. The van der Waals surface area contributed by atoms with Gasteiger partial charge in [-0.15, -0.1) is 0 Å². The molecule has 6 nitrogen and oxygen atoms in total. The molecule has 1 aliphatic rings. The fourth-order valence-corrected chi connectivity index (χ4v) is 2.29. The lowest BCUT2D eigenvalue weighted by atomic mass is 10.2. The van der Waals surface area contributed by atoms with Crippen molar-refractivity contribution >= 4 is 5.69 Å². The molecule has 112 valence electrons. The lowest BCUT2D eigenvalue weighted by Crippen LogP contribution is -2.44. The minimum absolute atomic E-state index is 0.0768. The van der Waals surface area contributed by atoms with E-state index in [1.165, 1.54) is 4.68 Å². The quantitative estimate of drug-likeness (QED) is 0.844. The Morgan fingerprint density at radius 2 is 2.35 bits per heavy atom. The number of rotatable bonds is 5. The zero-order chi connectivity index (χ0) is 14.5. The van der Waals surface area contributed by atoms with E-state index in [1.807, 2.05) is 0 Å². The first-order valence-corrected chi connectivity index (χ1v) is 7.19. The van der Waals surface area contributed by atoms with Gasteiger partial charge in [-0.3, -0.25) is 4.79 Å². The molecule has 20 heavy (non-hydrogen) atoms. The number of morpholine rings is 1. The van der Waals surface area contributed by atoms with Crippen LogP contribution in [0.25, 0.3) is 0 Å². The number of nitrogens with one attached hydrogen (secondary N) is 1. The molecular weight excluding hydrogens is 256 g/mol. The first-order chi connectivity index (χ1) is 9.56. The molecule has 0 amide bonds. The van der Waals surface area contributed by atoms with Crippen LogP contribution in [0.5, 0.6) is 0 Å². The van der Waals surface area contributed by atoms with Crippen molar-refractivity contribution in [2.75, 3.05) is 31.1 Å². The predicted molar refractivity (Wildman–Crippen MR) is 79.2 cm³/mol. The molecule has 1 aromatic heterocycles. The molecule has 1 N–H and O–H groups in total. The van der Waals surface area contributed by atoms with E-state index in [9.17, 15) is 4.79 Å². The summed E-state index contributed by atoms with van der Waals surface area (Å²) in [5, 5.41) is 7.47. The highest BCUT2D eigenvalue weighted by Gasteiger charge is 2.21. The highest BCUT2D eigenvalue weighted by Crippen LogP contribution is 2.16. The molecule has 0 radical (unpaired) electrons. The lowest BCUT2D eigenvalue weighted by molar-refractivity contribution is 0.0352. The Bertz CT molecular complexity index is 486. The molecule has 1 atom stereocenters. The topological polar surface area (TPSA) is 59.4 Å². The Morgan fingerprint density at radius 1 is 1.55 bits per heavy atom. The molecule has 6 heteroatoms. The van der Waals surface area contributed by atoms with Crippen LogP contribution in [0.1, 0.15) is 20.3 Å². The number of aryl methyl sites for hydroxylation is 1. The van der Waals surface area contributed by atoms with Crippen molar-refractivity contribution in [3.8, 4) is 0 Å². The zero-order valence-corrected chi connectivity index (χ0v) is 12.5. The van der Waals surface area contributed by atoms with Crippen LogP contribution in [-0.2, 0) is 11.8 Å². The normalized spacial score (nSPS) is 19.6. The third-order valence-electron chi connectivity index (χ3n) is 3.48. The summed E-state index contributed by atoms with van der Waals surface area (Å²) in [7, 11) is 1.66. The van der Waals surface area contributed by atoms with Crippen LogP contribution in [0.3, 0.4) is 0 Å². The number of nitrogens with zero attached hydrogens (tertiary/aromatic N) is 3. The maximum absolute atomic E-state index is 11.6. The molecule has 2 rings (SSSR count). The molecule has 1 saturated heterocycles. The van der Waals surface area contributed by atoms with Crippen LogP contribution in [0.4, 0.5) is 5.69 Å². The highest BCUT2D eigenvalue weighted by molar-refractivity contribution is 5.43.